The van der Waals surface area contributed by atoms with Crippen molar-refractivity contribution >= 4 is 12.2 Å². The summed E-state index contributed by atoms with van der Waals surface area (Å²) >= 11 is 0. The van der Waals surface area contributed by atoms with E-state index in [4.69, 9.17) is 9.94 Å². The molecule has 1 saturated carbocycles. The van der Waals surface area contributed by atoms with Gasteiger partial charge in [-0.2, -0.15) is 0 Å². The molecule has 6 heteroatoms. The van der Waals surface area contributed by atoms with Crippen LogP contribution in [0.3, 0.4) is 0 Å². The van der Waals surface area contributed by atoms with E-state index in [9.17, 15) is 9.59 Å². The standard InChI is InChI=1S/C13H22N2O4/c1-19-10-2-3-11-9(8-10)4-5-15(6-7-16)12(11)13(17)14-18/h7,9-12,18H,2-6,8H2,1H3,(H,14,17). The predicted molar refractivity (Wildman–Crippen MR) is 67.6 cm³/mol. The summed E-state index contributed by atoms with van der Waals surface area (Å²) in [5.74, 6) is 0.239. The van der Waals surface area contributed by atoms with E-state index in [0.717, 1.165) is 32.0 Å². The predicted octanol–water partition coefficient (Wildman–Crippen LogP) is 0.196. The van der Waals surface area contributed by atoms with Gasteiger partial charge >= 0.3 is 0 Å². The van der Waals surface area contributed by atoms with Gasteiger partial charge < -0.3 is 9.53 Å². The van der Waals surface area contributed by atoms with Crippen molar-refractivity contribution < 1.29 is 19.5 Å². The average molecular weight is 270 g/mol. The number of amides is 1. The fourth-order valence-corrected chi connectivity index (χ4v) is 3.67. The van der Waals surface area contributed by atoms with E-state index in [1.807, 2.05) is 4.90 Å². The number of fused-ring (bicyclic) bond motifs is 1. The highest BCUT2D eigenvalue weighted by atomic mass is 16.5. The molecule has 6 nitrogen and oxygen atoms in total. The molecule has 19 heavy (non-hydrogen) atoms. The van der Waals surface area contributed by atoms with Crippen molar-refractivity contribution in [3.63, 3.8) is 0 Å². The van der Waals surface area contributed by atoms with Crippen molar-refractivity contribution in [3.05, 3.63) is 0 Å². The highest BCUT2D eigenvalue weighted by molar-refractivity contribution is 5.81. The highest BCUT2D eigenvalue weighted by Crippen LogP contribution is 2.40. The second-order valence-electron chi connectivity index (χ2n) is 5.47. The number of nitrogens with one attached hydrogen (secondary N) is 1. The molecule has 1 amide bonds. The zero-order chi connectivity index (χ0) is 13.8. The molecule has 0 aromatic carbocycles. The van der Waals surface area contributed by atoms with Crippen LogP contribution in [0, 0.1) is 11.8 Å². The van der Waals surface area contributed by atoms with Crippen LogP contribution in [-0.2, 0) is 14.3 Å². The van der Waals surface area contributed by atoms with E-state index in [-0.39, 0.29) is 18.6 Å². The summed E-state index contributed by atoms with van der Waals surface area (Å²) in [6, 6.07) is -0.397. The molecule has 0 radical (unpaired) electrons. The Bertz CT molecular complexity index is 337. The van der Waals surface area contributed by atoms with E-state index in [2.05, 4.69) is 0 Å². The van der Waals surface area contributed by atoms with Gasteiger partial charge in [0.15, 0.2) is 0 Å². The Morgan fingerprint density at radius 3 is 2.89 bits per heavy atom. The first-order valence-electron chi connectivity index (χ1n) is 6.85. The molecule has 108 valence electrons. The van der Waals surface area contributed by atoms with Gasteiger partial charge in [0.25, 0.3) is 5.91 Å². The zero-order valence-electron chi connectivity index (χ0n) is 11.2. The molecule has 4 unspecified atom stereocenters. The number of carbonyl (C=O) groups excluding carboxylic acids is 2. The van der Waals surface area contributed by atoms with Gasteiger partial charge in [0.2, 0.25) is 0 Å². The molecular weight excluding hydrogens is 248 g/mol. The van der Waals surface area contributed by atoms with Crippen molar-refractivity contribution in [1.82, 2.24) is 10.4 Å². The lowest BCUT2D eigenvalue weighted by molar-refractivity contribution is -0.143. The number of rotatable bonds is 4. The maximum atomic E-state index is 11.9. The first-order valence-corrected chi connectivity index (χ1v) is 6.85. The van der Waals surface area contributed by atoms with Crippen LogP contribution in [0.2, 0.25) is 0 Å². The molecule has 0 spiro atoms. The maximum Gasteiger partial charge on any atom is 0.260 e. The van der Waals surface area contributed by atoms with Crippen LogP contribution in [0.4, 0.5) is 0 Å². The molecule has 2 fully saturated rings. The molecule has 0 bridgehead atoms. The lowest BCUT2D eigenvalue weighted by atomic mass is 9.69. The molecule has 4 atom stereocenters. The van der Waals surface area contributed by atoms with Crippen molar-refractivity contribution in [2.24, 2.45) is 11.8 Å². The Morgan fingerprint density at radius 1 is 1.47 bits per heavy atom. The smallest absolute Gasteiger partial charge is 0.260 e. The van der Waals surface area contributed by atoms with Crippen LogP contribution >= 0.6 is 0 Å². The molecule has 0 aromatic heterocycles. The first-order chi connectivity index (χ1) is 9.21. The molecule has 1 aliphatic heterocycles. The minimum absolute atomic E-state index is 0.201. The monoisotopic (exact) mass is 270 g/mol. The van der Waals surface area contributed by atoms with Gasteiger partial charge in [-0.15, -0.1) is 0 Å². The number of piperidine rings is 1. The Balaban J connectivity index is 2.12. The van der Waals surface area contributed by atoms with Crippen LogP contribution in [0.1, 0.15) is 25.7 Å². The number of ether oxygens (including phenoxy) is 1. The average Bonchev–Trinajstić information content (AvgIpc) is 2.46. The first kappa shape index (κ1) is 14.4. The molecule has 2 aliphatic rings. The van der Waals surface area contributed by atoms with Gasteiger partial charge in [-0.3, -0.25) is 14.9 Å². The van der Waals surface area contributed by atoms with Gasteiger partial charge in [-0.1, -0.05) is 0 Å². The second kappa shape index (κ2) is 6.45. The maximum absolute atomic E-state index is 11.9. The summed E-state index contributed by atoms with van der Waals surface area (Å²) in [7, 11) is 1.73. The summed E-state index contributed by atoms with van der Waals surface area (Å²) in [6.45, 7) is 0.962. The normalized spacial score (nSPS) is 35.5. The summed E-state index contributed by atoms with van der Waals surface area (Å²) in [6.07, 6.45) is 4.87. The van der Waals surface area contributed by atoms with Crippen LogP contribution in [0.15, 0.2) is 0 Å². The minimum Gasteiger partial charge on any atom is -0.381 e. The fourth-order valence-electron chi connectivity index (χ4n) is 3.67. The number of carbonyl (C=O) groups is 2. The van der Waals surface area contributed by atoms with Gasteiger partial charge in [0, 0.05) is 7.11 Å². The Morgan fingerprint density at radius 2 is 2.26 bits per heavy atom. The van der Waals surface area contributed by atoms with Gasteiger partial charge in [-0.25, -0.2) is 5.48 Å². The number of nitrogens with zero attached hydrogens (tertiary/aromatic N) is 1. The Kier molecular flexibility index (Phi) is 4.90. The van der Waals surface area contributed by atoms with E-state index >= 15 is 0 Å². The van der Waals surface area contributed by atoms with E-state index in [1.165, 1.54) is 0 Å². The van der Waals surface area contributed by atoms with Crippen LogP contribution in [0.25, 0.3) is 0 Å². The minimum atomic E-state index is -0.397. The third-order valence-electron chi connectivity index (χ3n) is 4.60. The zero-order valence-corrected chi connectivity index (χ0v) is 11.2. The molecule has 1 saturated heterocycles. The molecule has 0 aromatic rings. The van der Waals surface area contributed by atoms with E-state index in [1.54, 1.807) is 12.6 Å². The van der Waals surface area contributed by atoms with Crippen molar-refractivity contribution in [1.29, 1.82) is 0 Å². The van der Waals surface area contributed by atoms with Gasteiger partial charge in [-0.05, 0) is 44.1 Å². The fraction of sp³-hybridized carbons (Fsp3) is 0.846. The number of likely N-dealkylation sites (tertiary alicyclic amines) is 1. The number of aldehydes is 1. The molecule has 2 N–H and O–H groups in total. The second-order valence-corrected chi connectivity index (χ2v) is 5.47. The number of hydroxylamine groups is 1. The summed E-state index contributed by atoms with van der Waals surface area (Å²) in [4.78, 5) is 24.5. The molecule has 1 aliphatic carbocycles. The third kappa shape index (κ3) is 2.96. The van der Waals surface area contributed by atoms with Gasteiger partial charge in [0.05, 0.1) is 18.7 Å². The number of methoxy groups -OCH3 is 1. The Labute approximate surface area is 113 Å². The SMILES string of the molecule is COC1CCC2C(CCN(CC=O)C2C(=O)NO)C1. The molecular formula is C13H22N2O4. The highest BCUT2D eigenvalue weighted by Gasteiger charge is 2.44. The van der Waals surface area contributed by atoms with Crippen molar-refractivity contribution in [2.45, 2.75) is 37.8 Å². The van der Waals surface area contributed by atoms with Crippen LogP contribution < -0.4 is 5.48 Å². The Hall–Kier alpha value is -0.980. The number of hydrogen-bond acceptors (Lipinski definition) is 5. The molecule has 1 heterocycles. The van der Waals surface area contributed by atoms with E-state index < -0.39 is 11.9 Å². The lowest BCUT2D eigenvalue weighted by Gasteiger charge is -2.47. The quantitative estimate of drug-likeness (QED) is 0.433. The lowest BCUT2D eigenvalue weighted by Crippen LogP contribution is -2.58. The van der Waals surface area contributed by atoms with Crippen LogP contribution in [0.5, 0.6) is 0 Å². The van der Waals surface area contributed by atoms with Crippen molar-refractivity contribution in [3.8, 4) is 0 Å². The number of hydrogen-bond donors (Lipinski definition) is 2. The van der Waals surface area contributed by atoms with Gasteiger partial charge in [0.1, 0.15) is 6.29 Å². The topological polar surface area (TPSA) is 78.9 Å². The third-order valence-corrected chi connectivity index (χ3v) is 4.60. The van der Waals surface area contributed by atoms with Crippen LogP contribution in [-0.4, -0.2) is 54.6 Å². The summed E-state index contributed by atoms with van der Waals surface area (Å²) in [5, 5.41) is 8.92. The summed E-state index contributed by atoms with van der Waals surface area (Å²) < 4.78 is 5.42. The molecule has 2 rings (SSSR count). The van der Waals surface area contributed by atoms with E-state index in [0.29, 0.717) is 12.5 Å². The largest absolute Gasteiger partial charge is 0.381 e. The summed E-state index contributed by atoms with van der Waals surface area (Å²) in [5.41, 5.74) is 1.75. The van der Waals surface area contributed by atoms with Crippen molar-refractivity contribution in [2.75, 3.05) is 20.2 Å².